The number of aromatic hydroxyl groups is 1. The van der Waals surface area contributed by atoms with E-state index < -0.39 is 11.7 Å². The van der Waals surface area contributed by atoms with Crippen molar-refractivity contribution >= 4 is 12.4 Å². The van der Waals surface area contributed by atoms with Gasteiger partial charge < -0.3 is 14.7 Å². The molecule has 0 heterocycles. The molecular weight excluding hydrogens is 371 g/mol. The molecule has 0 radical (unpaired) electrons. The summed E-state index contributed by atoms with van der Waals surface area (Å²) in [6.45, 7) is 4.46. The van der Waals surface area contributed by atoms with Crippen LogP contribution >= 0.6 is 0 Å². The molecule has 0 bridgehead atoms. The van der Waals surface area contributed by atoms with E-state index in [1.54, 1.807) is 13.1 Å². The Balaban J connectivity index is 2.11. The molecule has 0 atom stereocenters. The molecule has 150 valence electrons. The van der Waals surface area contributed by atoms with Crippen LogP contribution in [-0.2, 0) is 19.1 Å². The highest BCUT2D eigenvalue weighted by Gasteiger charge is 2.29. The molecule has 0 aliphatic rings. The number of alkyl halides is 3. The standard InChI is InChI=1S/C21H22F3NO3/c1-4-17-19(28-3)11-15(13-26)18(20(17)27)12-25(2)10-9-14-5-7-16(8-6-14)21(22,23)24/h4-8,11,13,27H,1,9-10,12H2,2-3H3. The van der Waals surface area contributed by atoms with Gasteiger partial charge in [-0.2, -0.15) is 13.2 Å². The number of carbonyl (C=O) groups is 1. The summed E-state index contributed by atoms with van der Waals surface area (Å²) in [5, 5.41) is 10.5. The predicted octanol–water partition coefficient (Wildman–Crippen LogP) is 4.55. The van der Waals surface area contributed by atoms with Gasteiger partial charge in [-0.05, 0) is 37.2 Å². The fourth-order valence-electron chi connectivity index (χ4n) is 2.89. The topological polar surface area (TPSA) is 49.8 Å². The van der Waals surface area contributed by atoms with Crippen LogP contribution < -0.4 is 4.74 Å². The number of hydrogen-bond acceptors (Lipinski definition) is 4. The van der Waals surface area contributed by atoms with Gasteiger partial charge in [0.2, 0.25) is 0 Å². The van der Waals surface area contributed by atoms with E-state index in [9.17, 15) is 23.1 Å². The SMILES string of the molecule is C=Cc1c(OC)cc(C=O)c(CN(C)CCc2ccc(C(F)(F)F)cc2)c1O. The van der Waals surface area contributed by atoms with Crippen molar-refractivity contribution in [2.24, 2.45) is 0 Å². The summed E-state index contributed by atoms with van der Waals surface area (Å²) in [5.41, 5.74) is 1.24. The fourth-order valence-corrected chi connectivity index (χ4v) is 2.89. The molecule has 1 N–H and O–H groups in total. The van der Waals surface area contributed by atoms with Crippen LogP contribution in [0.2, 0.25) is 0 Å². The summed E-state index contributed by atoms with van der Waals surface area (Å²) < 4.78 is 43.0. The lowest BCUT2D eigenvalue weighted by Gasteiger charge is -2.20. The minimum Gasteiger partial charge on any atom is -0.507 e. The highest BCUT2D eigenvalue weighted by atomic mass is 19.4. The van der Waals surface area contributed by atoms with E-state index in [-0.39, 0.29) is 12.3 Å². The number of hydrogen-bond donors (Lipinski definition) is 1. The number of nitrogens with zero attached hydrogens (tertiary/aromatic N) is 1. The lowest BCUT2D eigenvalue weighted by Crippen LogP contribution is -2.22. The second-order valence-corrected chi connectivity index (χ2v) is 6.41. The van der Waals surface area contributed by atoms with Crippen molar-refractivity contribution in [1.82, 2.24) is 4.90 Å². The summed E-state index contributed by atoms with van der Waals surface area (Å²) in [7, 11) is 3.24. The van der Waals surface area contributed by atoms with Crippen LogP contribution in [0.1, 0.15) is 32.6 Å². The first-order valence-corrected chi connectivity index (χ1v) is 8.56. The van der Waals surface area contributed by atoms with Gasteiger partial charge in [0.25, 0.3) is 0 Å². The lowest BCUT2D eigenvalue weighted by molar-refractivity contribution is -0.137. The maximum absolute atomic E-state index is 12.6. The van der Waals surface area contributed by atoms with Crippen LogP contribution in [-0.4, -0.2) is 37.0 Å². The number of rotatable bonds is 8. The summed E-state index contributed by atoms with van der Waals surface area (Å²) in [4.78, 5) is 13.3. The molecule has 0 unspecified atom stereocenters. The van der Waals surface area contributed by atoms with Gasteiger partial charge in [-0.15, -0.1) is 0 Å². The van der Waals surface area contributed by atoms with Crippen LogP contribution in [0.3, 0.4) is 0 Å². The highest BCUT2D eigenvalue weighted by Crippen LogP contribution is 2.35. The van der Waals surface area contributed by atoms with E-state index in [1.165, 1.54) is 25.3 Å². The Morgan fingerprint density at radius 3 is 2.39 bits per heavy atom. The lowest BCUT2D eigenvalue weighted by atomic mass is 10.0. The third kappa shape index (κ3) is 4.92. The van der Waals surface area contributed by atoms with Crippen LogP contribution in [0.25, 0.3) is 6.08 Å². The number of aldehydes is 1. The third-order valence-corrected chi connectivity index (χ3v) is 4.48. The minimum atomic E-state index is -4.35. The fraction of sp³-hybridized carbons (Fsp3) is 0.286. The van der Waals surface area contributed by atoms with Crippen molar-refractivity contribution in [1.29, 1.82) is 0 Å². The van der Waals surface area contributed by atoms with E-state index in [4.69, 9.17) is 4.74 Å². The van der Waals surface area contributed by atoms with Crippen molar-refractivity contribution in [2.45, 2.75) is 19.1 Å². The van der Waals surface area contributed by atoms with Gasteiger partial charge in [0.1, 0.15) is 11.5 Å². The van der Waals surface area contributed by atoms with E-state index in [2.05, 4.69) is 6.58 Å². The Bertz CT molecular complexity index is 845. The van der Waals surface area contributed by atoms with E-state index in [0.717, 1.165) is 17.7 Å². The second-order valence-electron chi connectivity index (χ2n) is 6.41. The Kier molecular flexibility index (Phi) is 6.85. The molecule has 0 fully saturated rings. The molecule has 2 rings (SSSR count). The average molecular weight is 393 g/mol. The summed E-state index contributed by atoms with van der Waals surface area (Å²) in [6.07, 6.45) is -1.73. The summed E-state index contributed by atoms with van der Waals surface area (Å²) in [5.74, 6) is 0.281. The largest absolute Gasteiger partial charge is 0.507 e. The Labute approximate surface area is 161 Å². The van der Waals surface area contributed by atoms with Gasteiger partial charge in [0.05, 0.1) is 18.2 Å². The normalized spacial score (nSPS) is 11.5. The number of halogens is 3. The molecule has 2 aromatic carbocycles. The van der Waals surface area contributed by atoms with Crippen LogP contribution in [0, 0.1) is 0 Å². The molecule has 0 spiro atoms. The number of carbonyl (C=O) groups excluding carboxylic acids is 1. The molecule has 0 amide bonds. The summed E-state index contributed by atoms with van der Waals surface area (Å²) in [6, 6.07) is 6.57. The van der Waals surface area contributed by atoms with Crippen LogP contribution in [0.4, 0.5) is 13.2 Å². The molecule has 0 saturated heterocycles. The molecule has 0 saturated carbocycles. The van der Waals surface area contributed by atoms with Crippen molar-refractivity contribution in [2.75, 3.05) is 20.7 Å². The van der Waals surface area contributed by atoms with E-state index in [1.807, 2.05) is 4.90 Å². The number of ether oxygens (including phenoxy) is 1. The Hall–Kier alpha value is -2.80. The van der Waals surface area contributed by atoms with Gasteiger partial charge >= 0.3 is 6.18 Å². The van der Waals surface area contributed by atoms with Gasteiger partial charge in [-0.3, -0.25) is 4.79 Å². The zero-order valence-electron chi connectivity index (χ0n) is 15.7. The quantitative estimate of drug-likeness (QED) is 0.669. The maximum atomic E-state index is 12.6. The van der Waals surface area contributed by atoms with E-state index >= 15 is 0 Å². The van der Waals surface area contributed by atoms with Crippen molar-refractivity contribution in [3.05, 3.63) is 64.7 Å². The van der Waals surface area contributed by atoms with E-state index in [0.29, 0.717) is 41.7 Å². The number of likely N-dealkylation sites (N-methyl/N-ethyl adjacent to an activating group) is 1. The number of methoxy groups -OCH3 is 1. The number of phenols is 1. The number of benzene rings is 2. The zero-order valence-corrected chi connectivity index (χ0v) is 15.7. The molecule has 7 heteroatoms. The molecule has 4 nitrogen and oxygen atoms in total. The molecule has 0 aromatic heterocycles. The first-order valence-electron chi connectivity index (χ1n) is 8.56. The highest BCUT2D eigenvalue weighted by molar-refractivity contribution is 5.83. The van der Waals surface area contributed by atoms with Crippen molar-refractivity contribution in [3.63, 3.8) is 0 Å². The van der Waals surface area contributed by atoms with Gasteiger partial charge in [0.15, 0.2) is 6.29 Å². The molecule has 0 aliphatic carbocycles. The van der Waals surface area contributed by atoms with Crippen molar-refractivity contribution < 1.29 is 27.8 Å². The Morgan fingerprint density at radius 1 is 1.25 bits per heavy atom. The third-order valence-electron chi connectivity index (χ3n) is 4.48. The summed E-state index contributed by atoms with van der Waals surface area (Å²) >= 11 is 0. The second kappa shape index (κ2) is 8.93. The van der Waals surface area contributed by atoms with Crippen LogP contribution in [0.15, 0.2) is 36.9 Å². The average Bonchev–Trinajstić information content (AvgIpc) is 2.67. The van der Waals surface area contributed by atoms with Crippen LogP contribution in [0.5, 0.6) is 11.5 Å². The van der Waals surface area contributed by atoms with Gasteiger partial charge in [-0.25, -0.2) is 0 Å². The smallest absolute Gasteiger partial charge is 0.416 e. The molecular formula is C21H22F3NO3. The molecule has 28 heavy (non-hydrogen) atoms. The first-order chi connectivity index (χ1) is 13.2. The number of phenolic OH excluding ortho intramolecular Hbond substituents is 1. The first kappa shape index (κ1) is 21.5. The molecule has 2 aromatic rings. The molecule has 0 aliphatic heterocycles. The van der Waals surface area contributed by atoms with Gasteiger partial charge in [-0.1, -0.05) is 24.8 Å². The monoisotopic (exact) mass is 393 g/mol. The Morgan fingerprint density at radius 2 is 1.89 bits per heavy atom. The zero-order chi connectivity index (χ0) is 20.9. The van der Waals surface area contributed by atoms with Gasteiger partial charge in [0, 0.05) is 24.2 Å². The predicted molar refractivity (Wildman–Crippen MR) is 102 cm³/mol. The minimum absolute atomic E-state index is 0.0715. The van der Waals surface area contributed by atoms with Crippen molar-refractivity contribution in [3.8, 4) is 11.5 Å². The maximum Gasteiger partial charge on any atom is 0.416 e.